The molecule has 1 aromatic carbocycles. The highest BCUT2D eigenvalue weighted by molar-refractivity contribution is 7.89. The van der Waals surface area contributed by atoms with Crippen LogP contribution in [0.2, 0.25) is 0 Å². The van der Waals surface area contributed by atoms with E-state index in [1.165, 1.54) is 19.2 Å². The van der Waals surface area contributed by atoms with Crippen molar-refractivity contribution in [1.82, 2.24) is 19.5 Å². The van der Waals surface area contributed by atoms with Gasteiger partial charge in [0.2, 0.25) is 10.0 Å². The molecule has 0 aliphatic heterocycles. The third kappa shape index (κ3) is 3.70. The molecule has 21 heavy (non-hydrogen) atoms. The Balaban J connectivity index is 2.09. The first-order chi connectivity index (χ1) is 9.92. The number of aromatic nitrogens is 3. The molecule has 0 fully saturated rings. The Morgan fingerprint density at radius 2 is 2.19 bits per heavy atom. The van der Waals surface area contributed by atoms with E-state index in [1.54, 1.807) is 24.1 Å². The summed E-state index contributed by atoms with van der Waals surface area (Å²) in [5, 5.41) is 4.08. The number of nitrogens with one attached hydrogen (secondary N) is 1. The molecule has 1 aromatic heterocycles. The molecule has 0 aliphatic rings. The Labute approximate surface area is 123 Å². The number of nitrogens with two attached hydrogens (primary N) is 1. The van der Waals surface area contributed by atoms with Gasteiger partial charge in [0, 0.05) is 25.7 Å². The predicted molar refractivity (Wildman–Crippen MR) is 77.3 cm³/mol. The monoisotopic (exact) mass is 311 g/mol. The van der Waals surface area contributed by atoms with Crippen molar-refractivity contribution in [1.29, 1.82) is 0 Å². The zero-order chi connectivity index (χ0) is 15.5. The fraction of sp³-hybridized carbons (Fsp3) is 0.333. The lowest BCUT2D eigenvalue weighted by atomic mass is 10.3. The van der Waals surface area contributed by atoms with Crippen LogP contribution in [0, 0.1) is 0 Å². The highest BCUT2D eigenvalue weighted by Gasteiger charge is 2.19. The number of sulfonamides is 1. The van der Waals surface area contributed by atoms with Gasteiger partial charge in [0.05, 0.1) is 7.11 Å². The fourth-order valence-electron chi connectivity index (χ4n) is 1.78. The van der Waals surface area contributed by atoms with Crippen molar-refractivity contribution in [2.24, 2.45) is 7.05 Å². The highest BCUT2D eigenvalue weighted by atomic mass is 32.2. The number of nitrogen functional groups attached to an aromatic ring is 1. The molecule has 8 nitrogen and oxygen atoms in total. The number of hydrogen-bond acceptors (Lipinski definition) is 6. The molecule has 0 radical (unpaired) electrons. The van der Waals surface area contributed by atoms with Crippen LogP contribution in [0.1, 0.15) is 5.82 Å². The van der Waals surface area contributed by atoms with Crippen LogP contribution >= 0.6 is 0 Å². The molecule has 0 spiro atoms. The maximum Gasteiger partial charge on any atom is 0.244 e. The first-order valence-electron chi connectivity index (χ1n) is 6.20. The molecule has 0 aliphatic carbocycles. The number of ether oxygens (including phenoxy) is 1. The van der Waals surface area contributed by atoms with Crippen molar-refractivity contribution in [2.75, 3.05) is 19.4 Å². The number of methoxy groups -OCH3 is 1. The summed E-state index contributed by atoms with van der Waals surface area (Å²) in [6.07, 6.45) is 1.95. The van der Waals surface area contributed by atoms with Crippen LogP contribution < -0.4 is 15.2 Å². The van der Waals surface area contributed by atoms with Crippen LogP contribution in [-0.2, 0) is 23.5 Å². The van der Waals surface area contributed by atoms with E-state index >= 15 is 0 Å². The molecule has 0 atom stereocenters. The van der Waals surface area contributed by atoms with Gasteiger partial charge in [-0.15, -0.1) is 0 Å². The predicted octanol–water partition coefficient (Wildman–Crippen LogP) is -0.0731. The number of hydrogen-bond donors (Lipinski definition) is 2. The standard InChI is InChI=1S/C12H17N5O3S/c1-17-8-14-12(16-17)5-6-15-21(18,19)11-7-9(13)3-4-10(11)20-2/h3-4,7-8,15H,5-6,13H2,1-2H3. The van der Waals surface area contributed by atoms with Gasteiger partial charge in [0.1, 0.15) is 17.0 Å². The first-order valence-corrected chi connectivity index (χ1v) is 7.68. The van der Waals surface area contributed by atoms with Crippen molar-refractivity contribution in [3.05, 3.63) is 30.4 Å². The quantitative estimate of drug-likeness (QED) is 0.722. The van der Waals surface area contributed by atoms with Crippen molar-refractivity contribution < 1.29 is 13.2 Å². The van der Waals surface area contributed by atoms with Gasteiger partial charge in [-0.25, -0.2) is 18.1 Å². The van der Waals surface area contributed by atoms with Crippen molar-refractivity contribution in [2.45, 2.75) is 11.3 Å². The van der Waals surface area contributed by atoms with Crippen molar-refractivity contribution in [3.8, 4) is 5.75 Å². The van der Waals surface area contributed by atoms with E-state index in [1.807, 2.05) is 0 Å². The van der Waals surface area contributed by atoms with E-state index in [4.69, 9.17) is 10.5 Å². The molecular formula is C12H17N5O3S. The van der Waals surface area contributed by atoms with Gasteiger partial charge in [0.25, 0.3) is 0 Å². The third-order valence-electron chi connectivity index (χ3n) is 2.76. The van der Waals surface area contributed by atoms with E-state index < -0.39 is 10.0 Å². The molecule has 2 aromatic rings. The van der Waals surface area contributed by atoms with Gasteiger partial charge in [-0.2, -0.15) is 5.10 Å². The SMILES string of the molecule is COc1ccc(N)cc1S(=O)(=O)NCCc1ncn(C)n1. The minimum absolute atomic E-state index is 0.0129. The number of nitrogens with zero attached hydrogens (tertiary/aromatic N) is 3. The van der Waals surface area contributed by atoms with E-state index in [0.29, 0.717) is 17.9 Å². The minimum Gasteiger partial charge on any atom is -0.495 e. The second-order valence-electron chi connectivity index (χ2n) is 4.39. The second-order valence-corrected chi connectivity index (χ2v) is 6.13. The summed E-state index contributed by atoms with van der Waals surface area (Å²) >= 11 is 0. The molecular weight excluding hydrogens is 294 g/mol. The van der Waals surface area contributed by atoms with Crippen LogP contribution in [0.4, 0.5) is 5.69 Å². The molecule has 0 unspecified atom stereocenters. The molecule has 0 bridgehead atoms. The van der Waals surface area contributed by atoms with E-state index in [0.717, 1.165) is 0 Å². The summed E-state index contributed by atoms with van der Waals surface area (Å²) in [7, 11) is -0.553. The smallest absolute Gasteiger partial charge is 0.244 e. The Hall–Kier alpha value is -2.13. The Morgan fingerprint density at radius 3 is 2.81 bits per heavy atom. The molecule has 9 heteroatoms. The zero-order valence-corrected chi connectivity index (χ0v) is 12.6. The van der Waals surface area contributed by atoms with E-state index in [9.17, 15) is 8.42 Å². The zero-order valence-electron chi connectivity index (χ0n) is 11.8. The first kappa shape index (κ1) is 15.3. The minimum atomic E-state index is -3.71. The van der Waals surface area contributed by atoms with Crippen molar-refractivity contribution in [3.63, 3.8) is 0 Å². The van der Waals surface area contributed by atoms with Gasteiger partial charge in [-0.1, -0.05) is 0 Å². The topological polar surface area (TPSA) is 112 Å². The summed E-state index contributed by atoms with van der Waals surface area (Å²) in [6, 6.07) is 4.46. The van der Waals surface area contributed by atoms with E-state index in [2.05, 4.69) is 14.8 Å². The number of aryl methyl sites for hydroxylation is 1. The summed E-state index contributed by atoms with van der Waals surface area (Å²) < 4.78 is 33.6. The maximum atomic E-state index is 12.3. The van der Waals surface area contributed by atoms with Gasteiger partial charge in [-0.3, -0.25) is 4.68 Å². The van der Waals surface area contributed by atoms with E-state index in [-0.39, 0.29) is 17.2 Å². The maximum absolute atomic E-state index is 12.3. The largest absolute Gasteiger partial charge is 0.495 e. The highest BCUT2D eigenvalue weighted by Crippen LogP contribution is 2.25. The average molecular weight is 311 g/mol. The summed E-state index contributed by atoms with van der Waals surface area (Å²) in [5.74, 6) is 0.812. The van der Waals surface area contributed by atoms with Crippen LogP contribution in [-0.4, -0.2) is 36.8 Å². The Morgan fingerprint density at radius 1 is 1.43 bits per heavy atom. The lowest BCUT2D eigenvalue weighted by Crippen LogP contribution is -2.26. The Bertz CT molecular complexity index is 726. The molecule has 0 amide bonds. The molecule has 114 valence electrons. The average Bonchev–Trinajstić information content (AvgIpc) is 2.84. The second kappa shape index (κ2) is 6.10. The van der Waals surface area contributed by atoms with Gasteiger partial charge in [0.15, 0.2) is 5.82 Å². The van der Waals surface area contributed by atoms with Gasteiger partial charge in [-0.05, 0) is 18.2 Å². The van der Waals surface area contributed by atoms with Crippen LogP contribution in [0.3, 0.4) is 0 Å². The fourth-order valence-corrected chi connectivity index (χ4v) is 3.01. The summed E-state index contributed by atoms with van der Waals surface area (Å²) in [5.41, 5.74) is 5.98. The molecule has 0 saturated carbocycles. The number of anilines is 1. The third-order valence-corrected chi connectivity index (χ3v) is 4.25. The normalized spacial score (nSPS) is 11.5. The molecule has 1 heterocycles. The van der Waals surface area contributed by atoms with Crippen LogP contribution in [0.15, 0.2) is 29.4 Å². The summed E-state index contributed by atoms with van der Waals surface area (Å²) in [6.45, 7) is 0.185. The van der Waals surface area contributed by atoms with Crippen LogP contribution in [0.25, 0.3) is 0 Å². The Kier molecular flexibility index (Phi) is 4.43. The van der Waals surface area contributed by atoms with Crippen molar-refractivity contribution >= 4 is 15.7 Å². The molecule has 2 rings (SSSR count). The molecule has 3 N–H and O–H groups in total. The van der Waals surface area contributed by atoms with Gasteiger partial charge < -0.3 is 10.5 Å². The lowest BCUT2D eigenvalue weighted by Gasteiger charge is -2.10. The number of rotatable bonds is 6. The van der Waals surface area contributed by atoms with Crippen LogP contribution in [0.5, 0.6) is 5.75 Å². The molecule has 0 saturated heterocycles. The summed E-state index contributed by atoms with van der Waals surface area (Å²) in [4.78, 5) is 4.04. The van der Waals surface area contributed by atoms with Gasteiger partial charge >= 0.3 is 0 Å². The number of benzene rings is 1. The lowest BCUT2D eigenvalue weighted by molar-refractivity contribution is 0.402.